The van der Waals surface area contributed by atoms with Gasteiger partial charge in [-0.1, -0.05) is 31.6 Å². The van der Waals surface area contributed by atoms with Gasteiger partial charge in [0.05, 0.1) is 0 Å². The van der Waals surface area contributed by atoms with E-state index in [1.54, 1.807) is 13.8 Å². The molecule has 5 aliphatic rings. The molecule has 5 heteroatoms. The SMILES string of the molecule is CCC(=O)OC1(C(C)=O)CCC2C3CCC4=CC(=O)CCC4=C3C(c3ccc(N4CCCC4)cc3)C[C@@]21C. The van der Waals surface area contributed by atoms with Crippen molar-refractivity contribution < 1.29 is 19.1 Å². The minimum Gasteiger partial charge on any atom is -0.450 e. The average molecular weight is 516 g/mol. The van der Waals surface area contributed by atoms with Crippen molar-refractivity contribution in [3.63, 3.8) is 0 Å². The van der Waals surface area contributed by atoms with E-state index in [9.17, 15) is 14.4 Å². The number of Topliss-reactive ketones (excluding diaryl/α,β-unsaturated/α-hetero) is 1. The van der Waals surface area contributed by atoms with Crippen molar-refractivity contribution >= 4 is 23.2 Å². The molecule has 38 heavy (non-hydrogen) atoms. The van der Waals surface area contributed by atoms with Crippen LogP contribution in [0.25, 0.3) is 0 Å². The van der Waals surface area contributed by atoms with Crippen LogP contribution in [0.3, 0.4) is 0 Å². The first-order valence-electron chi connectivity index (χ1n) is 14.8. The van der Waals surface area contributed by atoms with Crippen LogP contribution < -0.4 is 4.90 Å². The summed E-state index contributed by atoms with van der Waals surface area (Å²) in [6.07, 6.45) is 10.3. The number of hydrogen-bond acceptors (Lipinski definition) is 5. The second kappa shape index (κ2) is 9.50. The van der Waals surface area contributed by atoms with E-state index in [0.717, 1.165) is 45.2 Å². The lowest BCUT2D eigenvalue weighted by atomic mass is 9.50. The number of benzene rings is 1. The Kier molecular flexibility index (Phi) is 6.39. The van der Waals surface area contributed by atoms with Gasteiger partial charge in [-0.2, -0.15) is 0 Å². The number of nitrogens with zero attached hydrogens (tertiary/aromatic N) is 1. The lowest BCUT2D eigenvalue weighted by molar-refractivity contribution is -0.184. The summed E-state index contributed by atoms with van der Waals surface area (Å²) in [5.74, 6) is 0.744. The minimum absolute atomic E-state index is 0.0109. The average Bonchev–Trinajstić information content (AvgIpc) is 3.55. The third kappa shape index (κ3) is 3.83. The van der Waals surface area contributed by atoms with Crippen molar-refractivity contribution in [2.45, 2.75) is 96.5 Å². The van der Waals surface area contributed by atoms with Gasteiger partial charge in [0.15, 0.2) is 17.2 Å². The van der Waals surface area contributed by atoms with Gasteiger partial charge >= 0.3 is 5.97 Å². The molecule has 4 aliphatic carbocycles. The Bertz CT molecular complexity index is 1220. The summed E-state index contributed by atoms with van der Waals surface area (Å²) < 4.78 is 6.19. The van der Waals surface area contributed by atoms with E-state index in [-0.39, 0.29) is 35.8 Å². The van der Waals surface area contributed by atoms with E-state index in [0.29, 0.717) is 18.8 Å². The Hall–Kier alpha value is -2.69. The predicted octanol–water partition coefficient (Wildman–Crippen LogP) is 6.47. The summed E-state index contributed by atoms with van der Waals surface area (Å²) in [5, 5.41) is 0. The zero-order valence-corrected chi connectivity index (χ0v) is 23.2. The van der Waals surface area contributed by atoms with Crippen molar-refractivity contribution in [3.8, 4) is 0 Å². The van der Waals surface area contributed by atoms with Crippen LogP contribution in [-0.4, -0.2) is 36.2 Å². The highest BCUT2D eigenvalue weighted by molar-refractivity contribution is 5.93. The summed E-state index contributed by atoms with van der Waals surface area (Å²) in [4.78, 5) is 40.9. The molecule has 2 saturated carbocycles. The van der Waals surface area contributed by atoms with Crippen molar-refractivity contribution in [1.29, 1.82) is 0 Å². The van der Waals surface area contributed by atoms with Gasteiger partial charge in [-0.25, -0.2) is 0 Å². The predicted molar refractivity (Wildman–Crippen MR) is 148 cm³/mol. The topological polar surface area (TPSA) is 63.7 Å². The standard InChI is InChI=1S/C33H41NO4/c1-4-30(37)38-33(21(2)35)16-15-29-27-13-9-23-19-25(36)12-14-26(23)31(27)28(20-32(29,33)3)22-7-10-24(11-8-22)34-17-5-6-18-34/h7-8,10-11,19,27-29H,4-6,9,12-18,20H2,1-3H3/t27?,28?,29?,32-,33?/m0/s1. The van der Waals surface area contributed by atoms with Gasteiger partial charge in [0, 0.05) is 43.0 Å². The van der Waals surface area contributed by atoms with Crippen LogP contribution in [-0.2, 0) is 19.1 Å². The van der Waals surface area contributed by atoms with Crippen LogP contribution in [0.2, 0.25) is 0 Å². The van der Waals surface area contributed by atoms with Gasteiger partial charge in [-0.3, -0.25) is 14.4 Å². The van der Waals surface area contributed by atoms with Gasteiger partial charge < -0.3 is 9.64 Å². The summed E-state index contributed by atoms with van der Waals surface area (Å²) in [6.45, 7) is 7.90. The zero-order valence-electron chi connectivity index (χ0n) is 23.2. The fraction of sp³-hybridized carbons (Fsp3) is 0.606. The minimum atomic E-state index is -1.06. The number of carbonyl (C=O) groups is 3. The molecule has 1 aromatic carbocycles. The molecule has 1 aliphatic heterocycles. The number of hydrogen-bond donors (Lipinski definition) is 0. The molecular formula is C33H41NO4. The number of ether oxygens (including phenoxy) is 1. The Morgan fingerprint density at radius 2 is 1.79 bits per heavy atom. The molecule has 1 aromatic rings. The first kappa shape index (κ1) is 25.6. The summed E-state index contributed by atoms with van der Waals surface area (Å²) in [5.41, 5.74) is 5.22. The van der Waals surface area contributed by atoms with E-state index in [2.05, 4.69) is 36.1 Å². The molecule has 1 heterocycles. The maximum atomic E-state index is 13.4. The Balaban J connectivity index is 1.47. The number of fused-ring (bicyclic) bond motifs is 4. The van der Waals surface area contributed by atoms with Crippen molar-refractivity contribution in [3.05, 3.63) is 52.6 Å². The quantitative estimate of drug-likeness (QED) is 0.421. The van der Waals surface area contributed by atoms with Crippen LogP contribution in [0.4, 0.5) is 5.69 Å². The molecule has 6 rings (SSSR count). The van der Waals surface area contributed by atoms with Crippen LogP contribution in [0.1, 0.15) is 96.5 Å². The lowest BCUT2D eigenvalue weighted by Gasteiger charge is -2.55. The molecule has 5 nitrogen and oxygen atoms in total. The Labute approximate surface area is 226 Å². The molecule has 1 saturated heterocycles. The molecule has 0 radical (unpaired) electrons. The lowest BCUT2D eigenvalue weighted by Crippen LogP contribution is -2.57. The van der Waals surface area contributed by atoms with E-state index >= 15 is 0 Å². The van der Waals surface area contributed by atoms with Crippen LogP contribution in [0.15, 0.2) is 47.1 Å². The maximum Gasteiger partial charge on any atom is 0.306 e. The van der Waals surface area contributed by atoms with Crippen LogP contribution in [0.5, 0.6) is 0 Å². The van der Waals surface area contributed by atoms with Crippen LogP contribution >= 0.6 is 0 Å². The molecule has 0 spiro atoms. The number of allylic oxidation sites excluding steroid dienone is 4. The normalized spacial score (nSPS) is 34.4. The van der Waals surface area contributed by atoms with Crippen molar-refractivity contribution in [2.24, 2.45) is 17.3 Å². The fourth-order valence-electron chi connectivity index (χ4n) is 8.92. The number of esters is 1. The molecule has 4 unspecified atom stereocenters. The largest absolute Gasteiger partial charge is 0.450 e. The summed E-state index contributed by atoms with van der Waals surface area (Å²) in [7, 11) is 0. The van der Waals surface area contributed by atoms with Gasteiger partial charge in [0.1, 0.15) is 0 Å². The van der Waals surface area contributed by atoms with E-state index < -0.39 is 11.0 Å². The smallest absolute Gasteiger partial charge is 0.306 e. The van der Waals surface area contributed by atoms with Crippen molar-refractivity contribution in [1.82, 2.24) is 0 Å². The molecular weight excluding hydrogens is 474 g/mol. The van der Waals surface area contributed by atoms with Gasteiger partial charge in [0.25, 0.3) is 0 Å². The second-order valence-corrected chi connectivity index (χ2v) is 12.5. The number of ketones is 2. The highest BCUT2D eigenvalue weighted by Crippen LogP contribution is 2.67. The third-order valence-corrected chi connectivity index (χ3v) is 10.8. The number of carbonyl (C=O) groups excluding carboxylic acids is 3. The molecule has 5 atom stereocenters. The van der Waals surface area contributed by atoms with Gasteiger partial charge in [-0.05, 0) is 105 Å². The molecule has 0 N–H and O–H groups in total. The maximum absolute atomic E-state index is 13.4. The van der Waals surface area contributed by atoms with E-state index in [4.69, 9.17) is 4.74 Å². The number of anilines is 1. The third-order valence-electron chi connectivity index (χ3n) is 10.8. The highest BCUT2D eigenvalue weighted by atomic mass is 16.6. The Morgan fingerprint density at radius 3 is 2.47 bits per heavy atom. The summed E-state index contributed by atoms with van der Waals surface area (Å²) in [6, 6.07) is 9.12. The van der Waals surface area contributed by atoms with Crippen LogP contribution in [0, 0.1) is 17.3 Å². The molecule has 3 fully saturated rings. The van der Waals surface area contributed by atoms with Crippen molar-refractivity contribution in [2.75, 3.05) is 18.0 Å². The zero-order chi connectivity index (χ0) is 26.7. The highest BCUT2D eigenvalue weighted by Gasteiger charge is 2.67. The first-order valence-corrected chi connectivity index (χ1v) is 14.8. The van der Waals surface area contributed by atoms with E-state index in [1.165, 1.54) is 40.8 Å². The second-order valence-electron chi connectivity index (χ2n) is 12.5. The molecule has 0 bridgehead atoms. The fourth-order valence-corrected chi connectivity index (χ4v) is 8.92. The number of rotatable bonds is 5. The molecule has 0 amide bonds. The monoisotopic (exact) mass is 515 g/mol. The summed E-state index contributed by atoms with van der Waals surface area (Å²) >= 11 is 0. The Morgan fingerprint density at radius 1 is 1.05 bits per heavy atom. The van der Waals surface area contributed by atoms with Gasteiger partial charge in [-0.15, -0.1) is 0 Å². The van der Waals surface area contributed by atoms with E-state index in [1.807, 2.05) is 6.08 Å². The van der Waals surface area contributed by atoms with Gasteiger partial charge in [0.2, 0.25) is 0 Å². The molecule has 202 valence electrons. The molecule has 0 aromatic heterocycles. The first-order chi connectivity index (χ1) is 18.3.